The van der Waals surface area contributed by atoms with Crippen molar-refractivity contribution in [1.82, 2.24) is 9.80 Å². The SMILES string of the molecule is C[C@@H](CN1CCOCC1)C(=O)N1CC(Oc2ccccc2Cl)C1. The minimum Gasteiger partial charge on any atom is -0.485 e. The summed E-state index contributed by atoms with van der Waals surface area (Å²) < 4.78 is 11.2. The molecule has 0 N–H and O–H groups in total. The van der Waals surface area contributed by atoms with Crippen molar-refractivity contribution in [2.24, 2.45) is 5.92 Å². The predicted octanol–water partition coefficient (Wildman–Crippen LogP) is 1.90. The molecule has 2 heterocycles. The number of nitrogens with zero attached hydrogens (tertiary/aromatic N) is 2. The van der Waals surface area contributed by atoms with Crippen LogP contribution in [0.5, 0.6) is 5.75 Å². The van der Waals surface area contributed by atoms with Crippen LogP contribution in [0.25, 0.3) is 0 Å². The summed E-state index contributed by atoms with van der Waals surface area (Å²) in [6.45, 7) is 7.42. The maximum atomic E-state index is 12.5. The molecule has 126 valence electrons. The number of rotatable bonds is 5. The Labute approximate surface area is 142 Å². The Morgan fingerprint density at radius 2 is 2.04 bits per heavy atom. The van der Waals surface area contributed by atoms with E-state index in [-0.39, 0.29) is 17.9 Å². The molecule has 1 aromatic carbocycles. The molecule has 5 nitrogen and oxygen atoms in total. The fraction of sp³-hybridized carbons (Fsp3) is 0.588. The maximum Gasteiger partial charge on any atom is 0.226 e. The molecular weight excluding hydrogens is 316 g/mol. The van der Waals surface area contributed by atoms with Gasteiger partial charge in [-0.05, 0) is 12.1 Å². The number of benzene rings is 1. The molecular formula is C17H23ClN2O3. The topological polar surface area (TPSA) is 42.0 Å². The van der Waals surface area contributed by atoms with E-state index in [0.29, 0.717) is 23.9 Å². The fourth-order valence-corrected chi connectivity index (χ4v) is 3.15. The third-order valence-corrected chi connectivity index (χ3v) is 4.66. The molecule has 1 aromatic rings. The van der Waals surface area contributed by atoms with E-state index in [1.54, 1.807) is 0 Å². The van der Waals surface area contributed by atoms with E-state index < -0.39 is 0 Å². The smallest absolute Gasteiger partial charge is 0.226 e. The van der Waals surface area contributed by atoms with Gasteiger partial charge >= 0.3 is 0 Å². The van der Waals surface area contributed by atoms with Gasteiger partial charge < -0.3 is 14.4 Å². The molecule has 3 rings (SSSR count). The van der Waals surface area contributed by atoms with Crippen molar-refractivity contribution < 1.29 is 14.3 Å². The van der Waals surface area contributed by atoms with E-state index in [1.165, 1.54) is 0 Å². The molecule has 23 heavy (non-hydrogen) atoms. The highest BCUT2D eigenvalue weighted by Crippen LogP contribution is 2.27. The molecule has 0 aliphatic carbocycles. The molecule has 0 bridgehead atoms. The van der Waals surface area contributed by atoms with Crippen LogP contribution < -0.4 is 4.74 Å². The number of likely N-dealkylation sites (tertiary alicyclic amines) is 1. The number of para-hydroxylation sites is 1. The molecule has 0 spiro atoms. The number of morpholine rings is 1. The Kier molecular flexibility index (Phi) is 5.41. The molecule has 0 unspecified atom stereocenters. The van der Waals surface area contributed by atoms with Gasteiger partial charge in [0.25, 0.3) is 0 Å². The second-order valence-corrected chi connectivity index (χ2v) is 6.63. The number of ether oxygens (including phenoxy) is 2. The summed E-state index contributed by atoms with van der Waals surface area (Å²) >= 11 is 6.09. The van der Waals surface area contributed by atoms with Crippen LogP contribution in [0.4, 0.5) is 0 Å². The third-order valence-electron chi connectivity index (χ3n) is 4.35. The largest absolute Gasteiger partial charge is 0.485 e. The molecule has 6 heteroatoms. The number of hydrogen-bond acceptors (Lipinski definition) is 4. The molecule has 1 amide bonds. The van der Waals surface area contributed by atoms with E-state index in [1.807, 2.05) is 36.1 Å². The van der Waals surface area contributed by atoms with Crippen LogP contribution in [-0.2, 0) is 9.53 Å². The predicted molar refractivity (Wildman–Crippen MR) is 88.9 cm³/mol. The Hall–Kier alpha value is -1.30. The summed E-state index contributed by atoms with van der Waals surface area (Å²) in [6, 6.07) is 7.43. The molecule has 0 saturated carbocycles. The van der Waals surface area contributed by atoms with E-state index >= 15 is 0 Å². The first-order valence-corrected chi connectivity index (χ1v) is 8.51. The molecule has 2 aliphatic heterocycles. The quantitative estimate of drug-likeness (QED) is 0.822. The Morgan fingerprint density at radius 1 is 1.35 bits per heavy atom. The van der Waals surface area contributed by atoms with Gasteiger partial charge in [-0.3, -0.25) is 9.69 Å². The van der Waals surface area contributed by atoms with Gasteiger partial charge in [0.15, 0.2) is 0 Å². The Morgan fingerprint density at radius 3 is 2.74 bits per heavy atom. The van der Waals surface area contributed by atoms with Crippen LogP contribution >= 0.6 is 11.6 Å². The van der Waals surface area contributed by atoms with Crippen LogP contribution in [-0.4, -0.2) is 67.7 Å². The van der Waals surface area contributed by atoms with E-state index in [2.05, 4.69) is 4.90 Å². The van der Waals surface area contributed by atoms with Crippen molar-refractivity contribution in [1.29, 1.82) is 0 Å². The van der Waals surface area contributed by atoms with Gasteiger partial charge in [-0.2, -0.15) is 0 Å². The first kappa shape index (κ1) is 16.6. The first-order valence-electron chi connectivity index (χ1n) is 8.13. The summed E-state index contributed by atoms with van der Waals surface area (Å²) in [4.78, 5) is 16.6. The van der Waals surface area contributed by atoms with E-state index in [4.69, 9.17) is 21.1 Å². The van der Waals surface area contributed by atoms with Crippen LogP contribution in [0, 0.1) is 5.92 Å². The molecule has 2 aliphatic rings. The van der Waals surface area contributed by atoms with Crippen LogP contribution in [0.3, 0.4) is 0 Å². The molecule has 0 aromatic heterocycles. The number of carbonyl (C=O) groups is 1. The zero-order valence-electron chi connectivity index (χ0n) is 13.4. The summed E-state index contributed by atoms with van der Waals surface area (Å²) in [5, 5.41) is 0.609. The lowest BCUT2D eigenvalue weighted by atomic mass is 10.0. The molecule has 2 saturated heterocycles. The normalized spacial score (nSPS) is 20.9. The van der Waals surface area contributed by atoms with Gasteiger partial charge in [0.1, 0.15) is 11.9 Å². The summed E-state index contributed by atoms with van der Waals surface area (Å²) in [7, 11) is 0. The monoisotopic (exact) mass is 338 g/mol. The van der Waals surface area contributed by atoms with Crippen molar-refractivity contribution in [3.8, 4) is 5.75 Å². The van der Waals surface area contributed by atoms with Crippen molar-refractivity contribution in [3.63, 3.8) is 0 Å². The van der Waals surface area contributed by atoms with E-state index in [0.717, 1.165) is 32.8 Å². The standard InChI is InChI=1S/C17H23ClN2O3/c1-13(10-19-6-8-22-9-7-19)17(21)20-11-14(12-20)23-16-5-3-2-4-15(16)18/h2-5,13-14H,6-12H2,1H3/t13-/m0/s1. The van der Waals surface area contributed by atoms with Gasteiger partial charge in [-0.25, -0.2) is 0 Å². The van der Waals surface area contributed by atoms with Gasteiger partial charge in [-0.15, -0.1) is 0 Å². The number of halogens is 1. The minimum atomic E-state index is 0.00867. The number of carbonyl (C=O) groups excluding carboxylic acids is 1. The highest BCUT2D eigenvalue weighted by molar-refractivity contribution is 6.32. The highest BCUT2D eigenvalue weighted by Gasteiger charge is 2.35. The second kappa shape index (κ2) is 7.51. The Bertz CT molecular complexity index is 542. The zero-order chi connectivity index (χ0) is 16.2. The Balaban J connectivity index is 1.43. The van der Waals surface area contributed by atoms with E-state index in [9.17, 15) is 4.79 Å². The number of hydrogen-bond donors (Lipinski definition) is 0. The number of amides is 1. The lowest BCUT2D eigenvalue weighted by Gasteiger charge is -2.41. The first-order chi connectivity index (χ1) is 11.1. The van der Waals surface area contributed by atoms with Crippen LogP contribution in [0.15, 0.2) is 24.3 Å². The lowest BCUT2D eigenvalue weighted by Crippen LogP contribution is -2.58. The summed E-state index contributed by atoms with van der Waals surface area (Å²) in [6.07, 6.45) is 0.0365. The van der Waals surface area contributed by atoms with Crippen molar-refractivity contribution in [3.05, 3.63) is 29.3 Å². The zero-order valence-corrected chi connectivity index (χ0v) is 14.2. The van der Waals surface area contributed by atoms with Crippen molar-refractivity contribution in [2.45, 2.75) is 13.0 Å². The van der Waals surface area contributed by atoms with Gasteiger partial charge in [-0.1, -0.05) is 30.7 Å². The molecule has 0 radical (unpaired) electrons. The van der Waals surface area contributed by atoms with Crippen LogP contribution in [0.2, 0.25) is 5.02 Å². The summed E-state index contributed by atoms with van der Waals surface area (Å²) in [5.41, 5.74) is 0. The molecule has 2 fully saturated rings. The van der Waals surface area contributed by atoms with Crippen molar-refractivity contribution >= 4 is 17.5 Å². The third kappa shape index (κ3) is 4.16. The van der Waals surface area contributed by atoms with Crippen molar-refractivity contribution in [2.75, 3.05) is 45.9 Å². The lowest BCUT2D eigenvalue weighted by molar-refractivity contribution is -0.144. The second-order valence-electron chi connectivity index (χ2n) is 6.23. The van der Waals surface area contributed by atoms with Gasteiger partial charge in [0.05, 0.1) is 31.3 Å². The fourth-order valence-electron chi connectivity index (χ4n) is 2.97. The average Bonchev–Trinajstić information content (AvgIpc) is 2.52. The van der Waals surface area contributed by atoms with Gasteiger partial charge in [0, 0.05) is 25.6 Å². The highest BCUT2D eigenvalue weighted by atomic mass is 35.5. The average molecular weight is 339 g/mol. The van der Waals surface area contributed by atoms with Gasteiger partial charge in [0.2, 0.25) is 5.91 Å². The summed E-state index contributed by atoms with van der Waals surface area (Å²) in [5.74, 6) is 0.900. The minimum absolute atomic E-state index is 0.00867. The maximum absolute atomic E-state index is 12.5. The van der Waals surface area contributed by atoms with Crippen LogP contribution in [0.1, 0.15) is 6.92 Å². The molecule has 1 atom stereocenters.